The van der Waals surface area contributed by atoms with Crippen molar-refractivity contribution in [2.24, 2.45) is 0 Å². The minimum Gasteiger partial charge on any atom is -0.396 e. The van der Waals surface area contributed by atoms with Crippen molar-refractivity contribution in [3.8, 4) is 0 Å². The van der Waals surface area contributed by atoms with Crippen LogP contribution in [-0.4, -0.2) is 37.4 Å². The molecule has 0 radical (unpaired) electrons. The van der Waals surface area contributed by atoms with Crippen molar-refractivity contribution in [2.45, 2.75) is 26.8 Å². The molecule has 0 aliphatic carbocycles. The van der Waals surface area contributed by atoms with Crippen LogP contribution >= 0.6 is 0 Å². The summed E-state index contributed by atoms with van der Waals surface area (Å²) in [7, 11) is 0. The predicted molar refractivity (Wildman–Crippen MR) is 69.2 cm³/mol. The van der Waals surface area contributed by atoms with Crippen molar-refractivity contribution in [1.29, 1.82) is 0 Å². The molecule has 8 nitrogen and oxygen atoms in total. The Labute approximate surface area is 110 Å². The maximum atomic E-state index is 11.8. The van der Waals surface area contributed by atoms with Crippen LogP contribution in [0.3, 0.4) is 0 Å². The number of anilines is 1. The molecule has 1 amide bonds. The van der Waals surface area contributed by atoms with Gasteiger partial charge in [-0.25, -0.2) is 4.98 Å². The molecule has 0 atom stereocenters. The summed E-state index contributed by atoms with van der Waals surface area (Å²) < 4.78 is 1.61. The minimum atomic E-state index is -0.106. The van der Waals surface area contributed by atoms with E-state index in [0.717, 1.165) is 17.2 Å². The molecule has 0 unspecified atom stereocenters. The number of aromatic nitrogens is 5. The highest BCUT2D eigenvalue weighted by Crippen LogP contribution is 2.14. The van der Waals surface area contributed by atoms with Crippen molar-refractivity contribution in [3.05, 3.63) is 23.5 Å². The topological polar surface area (TPSA) is 115 Å². The minimum absolute atomic E-state index is 0.106. The highest BCUT2D eigenvalue weighted by Gasteiger charge is 2.11. The molecule has 4 N–H and O–H groups in total. The van der Waals surface area contributed by atoms with Crippen LogP contribution < -0.4 is 11.1 Å². The highest BCUT2D eigenvalue weighted by atomic mass is 16.2. The summed E-state index contributed by atoms with van der Waals surface area (Å²) in [6.07, 6.45) is 2.06. The van der Waals surface area contributed by atoms with Crippen molar-refractivity contribution in [3.63, 3.8) is 0 Å². The fourth-order valence-corrected chi connectivity index (χ4v) is 1.73. The molecule has 19 heavy (non-hydrogen) atoms. The Kier molecular flexibility index (Phi) is 3.79. The Morgan fingerprint density at radius 3 is 2.89 bits per heavy atom. The van der Waals surface area contributed by atoms with Gasteiger partial charge in [-0.15, -0.1) is 0 Å². The van der Waals surface area contributed by atoms with E-state index in [0.29, 0.717) is 18.7 Å². The summed E-state index contributed by atoms with van der Waals surface area (Å²) in [4.78, 5) is 15.7. The van der Waals surface area contributed by atoms with Crippen LogP contribution in [0.4, 0.5) is 5.69 Å². The van der Waals surface area contributed by atoms with Crippen LogP contribution in [0.1, 0.15) is 17.2 Å². The zero-order chi connectivity index (χ0) is 13.8. The number of nitrogens with one attached hydrogen (secondary N) is 2. The van der Waals surface area contributed by atoms with E-state index in [1.165, 1.54) is 6.33 Å². The third-order valence-electron chi connectivity index (χ3n) is 2.88. The molecule has 0 saturated heterocycles. The van der Waals surface area contributed by atoms with Crippen LogP contribution in [0.5, 0.6) is 0 Å². The Morgan fingerprint density at radius 2 is 2.32 bits per heavy atom. The Balaban J connectivity index is 1.82. The van der Waals surface area contributed by atoms with Crippen LogP contribution in [0.15, 0.2) is 6.33 Å². The molecule has 102 valence electrons. The standard InChI is InChI=1S/C11H17N7O/c1-7-11(12)8(2)18(17-7)5-10(19)13-4-3-9-14-6-15-16-9/h6H,3-5,12H2,1-2H3,(H,13,19)(H,14,15,16). The lowest BCUT2D eigenvalue weighted by Crippen LogP contribution is -2.30. The van der Waals surface area contributed by atoms with Gasteiger partial charge in [0.2, 0.25) is 5.91 Å². The average molecular weight is 263 g/mol. The molecule has 0 aromatic carbocycles. The van der Waals surface area contributed by atoms with Gasteiger partial charge in [0.1, 0.15) is 18.7 Å². The van der Waals surface area contributed by atoms with Gasteiger partial charge in [0, 0.05) is 13.0 Å². The van der Waals surface area contributed by atoms with Gasteiger partial charge in [-0.3, -0.25) is 14.6 Å². The second-order valence-corrected chi connectivity index (χ2v) is 4.27. The molecule has 2 rings (SSSR count). The lowest BCUT2D eigenvalue weighted by atomic mass is 10.3. The number of nitrogen functional groups attached to an aromatic ring is 1. The fourth-order valence-electron chi connectivity index (χ4n) is 1.73. The van der Waals surface area contributed by atoms with E-state index < -0.39 is 0 Å². The third kappa shape index (κ3) is 3.09. The number of carbonyl (C=O) groups excluding carboxylic acids is 1. The van der Waals surface area contributed by atoms with Gasteiger partial charge in [0.15, 0.2) is 0 Å². The summed E-state index contributed by atoms with van der Waals surface area (Å²) in [6, 6.07) is 0. The SMILES string of the molecule is Cc1nn(CC(=O)NCCc2ncn[nH]2)c(C)c1N. The molecule has 0 bridgehead atoms. The summed E-state index contributed by atoms with van der Waals surface area (Å²) in [5.74, 6) is 0.640. The first-order valence-electron chi connectivity index (χ1n) is 5.98. The molecule has 0 aliphatic rings. The molecule has 0 spiro atoms. The van der Waals surface area contributed by atoms with E-state index in [2.05, 4.69) is 25.6 Å². The highest BCUT2D eigenvalue weighted by molar-refractivity contribution is 5.75. The van der Waals surface area contributed by atoms with E-state index in [4.69, 9.17) is 5.73 Å². The molecular formula is C11H17N7O. The van der Waals surface area contributed by atoms with E-state index in [-0.39, 0.29) is 12.5 Å². The number of hydrogen-bond donors (Lipinski definition) is 3. The molecule has 0 fully saturated rings. The van der Waals surface area contributed by atoms with Crippen molar-refractivity contribution in [2.75, 3.05) is 12.3 Å². The van der Waals surface area contributed by atoms with Crippen LogP contribution in [0.25, 0.3) is 0 Å². The molecule has 2 aromatic heterocycles. The lowest BCUT2D eigenvalue weighted by Gasteiger charge is -2.05. The predicted octanol–water partition coefficient (Wildman–Crippen LogP) is -0.441. The zero-order valence-corrected chi connectivity index (χ0v) is 11.0. The summed E-state index contributed by atoms with van der Waals surface area (Å²) in [6.45, 7) is 4.33. The molecule has 2 heterocycles. The van der Waals surface area contributed by atoms with Crippen molar-refractivity contribution < 1.29 is 4.79 Å². The van der Waals surface area contributed by atoms with Gasteiger partial charge in [0.25, 0.3) is 0 Å². The third-order valence-corrected chi connectivity index (χ3v) is 2.88. The second-order valence-electron chi connectivity index (χ2n) is 4.27. The number of aromatic amines is 1. The van der Waals surface area contributed by atoms with Gasteiger partial charge >= 0.3 is 0 Å². The van der Waals surface area contributed by atoms with E-state index in [1.54, 1.807) is 4.68 Å². The first-order chi connectivity index (χ1) is 9.08. The van der Waals surface area contributed by atoms with Crippen LogP contribution in [0, 0.1) is 13.8 Å². The maximum Gasteiger partial charge on any atom is 0.241 e. The number of hydrogen-bond acceptors (Lipinski definition) is 5. The molecule has 0 aliphatic heterocycles. The summed E-state index contributed by atoms with van der Waals surface area (Å²) in [5.41, 5.74) is 7.99. The van der Waals surface area contributed by atoms with Crippen molar-refractivity contribution in [1.82, 2.24) is 30.3 Å². The van der Waals surface area contributed by atoms with Gasteiger partial charge in [-0.05, 0) is 13.8 Å². The quantitative estimate of drug-likeness (QED) is 0.676. The monoisotopic (exact) mass is 263 g/mol. The molecular weight excluding hydrogens is 246 g/mol. The number of carbonyl (C=O) groups is 1. The normalized spacial score (nSPS) is 10.6. The van der Waals surface area contributed by atoms with Crippen molar-refractivity contribution >= 4 is 11.6 Å². The van der Waals surface area contributed by atoms with Gasteiger partial charge in [-0.2, -0.15) is 10.2 Å². The number of amides is 1. The Morgan fingerprint density at radius 1 is 1.53 bits per heavy atom. The summed E-state index contributed by atoms with van der Waals surface area (Å²) in [5, 5.41) is 13.5. The fraction of sp³-hybridized carbons (Fsp3) is 0.455. The number of nitrogens with zero attached hydrogens (tertiary/aromatic N) is 4. The van der Waals surface area contributed by atoms with E-state index >= 15 is 0 Å². The smallest absolute Gasteiger partial charge is 0.241 e. The largest absolute Gasteiger partial charge is 0.396 e. The molecule has 0 saturated carbocycles. The first kappa shape index (κ1) is 13.1. The maximum absolute atomic E-state index is 11.8. The summed E-state index contributed by atoms with van der Waals surface area (Å²) >= 11 is 0. The Bertz CT molecular complexity index is 558. The number of nitrogens with two attached hydrogens (primary N) is 1. The first-order valence-corrected chi connectivity index (χ1v) is 5.98. The Hall–Kier alpha value is -2.38. The van der Waals surface area contributed by atoms with Gasteiger partial charge < -0.3 is 11.1 Å². The second kappa shape index (κ2) is 5.51. The number of aryl methyl sites for hydroxylation is 1. The van der Waals surface area contributed by atoms with Crippen LogP contribution in [-0.2, 0) is 17.8 Å². The molecule has 2 aromatic rings. The van der Waals surface area contributed by atoms with Gasteiger partial charge in [0.05, 0.1) is 17.1 Å². The lowest BCUT2D eigenvalue weighted by molar-refractivity contribution is -0.121. The average Bonchev–Trinajstić information content (AvgIpc) is 2.96. The van der Waals surface area contributed by atoms with E-state index in [1.807, 2.05) is 13.8 Å². The number of rotatable bonds is 5. The van der Waals surface area contributed by atoms with Crippen LogP contribution in [0.2, 0.25) is 0 Å². The van der Waals surface area contributed by atoms with E-state index in [9.17, 15) is 4.79 Å². The zero-order valence-electron chi connectivity index (χ0n) is 11.0. The number of H-pyrrole nitrogens is 1. The molecule has 8 heteroatoms. The van der Waals surface area contributed by atoms with Gasteiger partial charge in [-0.1, -0.05) is 0 Å².